The first-order valence-electron chi connectivity index (χ1n) is 7.33. The number of halogens is 1. The number of hydrogen-bond acceptors (Lipinski definition) is 3. The molecule has 22 heavy (non-hydrogen) atoms. The summed E-state index contributed by atoms with van der Waals surface area (Å²) < 4.78 is 22.4. The van der Waals surface area contributed by atoms with Gasteiger partial charge < -0.3 is 4.74 Å². The number of aromatic amines is 1. The minimum absolute atomic E-state index is 0.232. The predicted octanol–water partition coefficient (Wildman–Crippen LogP) is 4.35. The van der Waals surface area contributed by atoms with Crippen LogP contribution in [0.3, 0.4) is 0 Å². The van der Waals surface area contributed by atoms with Crippen LogP contribution in [0.4, 0.5) is 4.39 Å². The van der Waals surface area contributed by atoms with Crippen molar-refractivity contribution in [2.75, 3.05) is 0 Å². The highest BCUT2D eigenvalue weighted by atomic mass is 32.1. The van der Waals surface area contributed by atoms with Gasteiger partial charge in [-0.2, -0.15) is 0 Å². The molecule has 2 aromatic rings. The maximum absolute atomic E-state index is 14.0. The topological polar surface area (TPSA) is 42.8 Å². The first-order valence-corrected chi connectivity index (χ1v) is 7.74. The van der Waals surface area contributed by atoms with Crippen LogP contribution in [0.2, 0.25) is 0 Å². The molecule has 0 bridgehead atoms. The molecule has 1 atom stereocenters. The summed E-state index contributed by atoms with van der Waals surface area (Å²) in [5.74, 6) is -0.108. The third kappa shape index (κ3) is 3.21. The molecule has 2 rings (SSSR count). The average molecular weight is 323 g/mol. The van der Waals surface area contributed by atoms with E-state index in [0.717, 1.165) is 0 Å². The number of aromatic nitrogens is 3. The van der Waals surface area contributed by atoms with Crippen LogP contribution >= 0.6 is 12.2 Å². The number of rotatable bonds is 5. The smallest absolute Gasteiger partial charge is 0.215 e. The number of ether oxygens (including phenoxy) is 1. The molecular formula is C16H22FN3OS. The van der Waals surface area contributed by atoms with Crippen molar-refractivity contribution >= 4 is 12.2 Å². The molecular weight excluding hydrogens is 301 g/mol. The molecule has 1 N–H and O–H groups in total. The van der Waals surface area contributed by atoms with Gasteiger partial charge in [0.25, 0.3) is 0 Å². The van der Waals surface area contributed by atoms with E-state index in [9.17, 15) is 4.39 Å². The van der Waals surface area contributed by atoms with Crippen molar-refractivity contribution in [3.05, 3.63) is 41.2 Å². The molecule has 6 heteroatoms. The van der Waals surface area contributed by atoms with Gasteiger partial charge in [0.2, 0.25) is 4.77 Å². The first-order chi connectivity index (χ1) is 10.3. The molecule has 0 aliphatic rings. The number of nitrogens with one attached hydrogen (secondary N) is 1. The Morgan fingerprint density at radius 2 is 2.00 bits per heavy atom. The zero-order chi connectivity index (χ0) is 16.4. The molecule has 1 aromatic heterocycles. The average Bonchev–Trinajstić information content (AvgIpc) is 2.84. The van der Waals surface area contributed by atoms with E-state index in [0.29, 0.717) is 17.7 Å². The van der Waals surface area contributed by atoms with Crippen LogP contribution in [0.1, 0.15) is 34.1 Å². The SMILES string of the molecule is CCC(Cn1[nH]cnc1=S)(Oc1ccccc1F)C(C)(C)C. The zero-order valence-electron chi connectivity index (χ0n) is 13.4. The molecule has 0 aliphatic carbocycles. The minimum Gasteiger partial charge on any atom is -0.482 e. The molecule has 0 saturated heterocycles. The zero-order valence-corrected chi connectivity index (χ0v) is 14.2. The molecule has 4 nitrogen and oxygen atoms in total. The van der Waals surface area contributed by atoms with Gasteiger partial charge in [-0.1, -0.05) is 39.8 Å². The third-order valence-corrected chi connectivity index (χ3v) is 4.44. The van der Waals surface area contributed by atoms with Crippen molar-refractivity contribution in [3.63, 3.8) is 0 Å². The van der Waals surface area contributed by atoms with Gasteiger partial charge in [-0.3, -0.25) is 9.78 Å². The Balaban J connectivity index is 2.44. The molecule has 0 radical (unpaired) electrons. The van der Waals surface area contributed by atoms with E-state index in [1.165, 1.54) is 6.07 Å². The van der Waals surface area contributed by atoms with Crippen molar-refractivity contribution in [2.24, 2.45) is 5.41 Å². The van der Waals surface area contributed by atoms with Gasteiger partial charge >= 0.3 is 0 Å². The van der Waals surface area contributed by atoms with Crippen LogP contribution in [-0.2, 0) is 6.54 Å². The molecule has 0 fully saturated rings. The Kier molecular flexibility index (Phi) is 4.70. The van der Waals surface area contributed by atoms with Gasteiger partial charge in [0, 0.05) is 5.41 Å². The molecule has 0 saturated carbocycles. The Morgan fingerprint density at radius 3 is 2.50 bits per heavy atom. The molecule has 1 aromatic carbocycles. The predicted molar refractivity (Wildman–Crippen MR) is 86.9 cm³/mol. The lowest BCUT2D eigenvalue weighted by Crippen LogP contribution is -2.51. The Labute approximate surface area is 135 Å². The first kappa shape index (κ1) is 16.7. The van der Waals surface area contributed by atoms with Crippen LogP contribution < -0.4 is 4.74 Å². The molecule has 0 aliphatic heterocycles. The Bertz CT molecular complexity index is 689. The van der Waals surface area contributed by atoms with Gasteiger partial charge in [0.05, 0.1) is 6.54 Å². The van der Waals surface area contributed by atoms with E-state index >= 15 is 0 Å². The second kappa shape index (κ2) is 6.20. The maximum Gasteiger partial charge on any atom is 0.215 e. The van der Waals surface area contributed by atoms with Gasteiger partial charge in [0.1, 0.15) is 11.9 Å². The van der Waals surface area contributed by atoms with Crippen LogP contribution in [0.15, 0.2) is 30.6 Å². The largest absolute Gasteiger partial charge is 0.482 e. The monoisotopic (exact) mass is 323 g/mol. The highest BCUT2D eigenvalue weighted by Gasteiger charge is 2.44. The molecule has 0 amide bonds. The van der Waals surface area contributed by atoms with Crippen molar-refractivity contribution in [3.8, 4) is 5.75 Å². The summed E-state index contributed by atoms with van der Waals surface area (Å²) >= 11 is 5.21. The summed E-state index contributed by atoms with van der Waals surface area (Å²) in [4.78, 5) is 4.03. The normalized spacial score (nSPS) is 14.6. The van der Waals surface area contributed by atoms with E-state index in [-0.39, 0.29) is 17.0 Å². The number of H-pyrrole nitrogens is 1. The molecule has 0 spiro atoms. The Morgan fingerprint density at radius 1 is 1.32 bits per heavy atom. The maximum atomic E-state index is 14.0. The van der Waals surface area contributed by atoms with Gasteiger partial charge in [-0.15, -0.1) is 0 Å². The molecule has 120 valence electrons. The van der Waals surface area contributed by atoms with E-state index in [4.69, 9.17) is 17.0 Å². The lowest BCUT2D eigenvalue weighted by atomic mass is 9.74. The number of para-hydroxylation sites is 1. The van der Waals surface area contributed by atoms with Crippen LogP contribution in [0.5, 0.6) is 5.75 Å². The number of benzene rings is 1. The highest BCUT2D eigenvalue weighted by Crippen LogP contribution is 2.39. The second-order valence-electron chi connectivity index (χ2n) is 6.39. The summed E-state index contributed by atoms with van der Waals surface area (Å²) in [6.07, 6.45) is 2.25. The quantitative estimate of drug-likeness (QED) is 0.832. The fourth-order valence-electron chi connectivity index (χ4n) is 2.52. The van der Waals surface area contributed by atoms with Gasteiger partial charge in [-0.25, -0.2) is 9.37 Å². The van der Waals surface area contributed by atoms with Crippen LogP contribution in [0.25, 0.3) is 0 Å². The van der Waals surface area contributed by atoms with Crippen molar-refractivity contribution < 1.29 is 9.13 Å². The summed E-state index contributed by atoms with van der Waals surface area (Å²) in [5.41, 5.74) is -0.857. The molecule has 1 unspecified atom stereocenters. The molecule has 1 heterocycles. The van der Waals surface area contributed by atoms with E-state index in [1.54, 1.807) is 29.2 Å². The fraction of sp³-hybridized carbons (Fsp3) is 0.500. The minimum atomic E-state index is -0.625. The number of nitrogens with zero attached hydrogens (tertiary/aromatic N) is 2. The van der Waals surface area contributed by atoms with Crippen molar-refractivity contribution in [1.82, 2.24) is 14.8 Å². The van der Waals surface area contributed by atoms with E-state index < -0.39 is 5.60 Å². The third-order valence-electron chi connectivity index (χ3n) is 4.11. The fourth-order valence-corrected chi connectivity index (χ4v) is 2.69. The number of hydrogen-bond donors (Lipinski definition) is 1. The summed E-state index contributed by atoms with van der Waals surface area (Å²) in [6, 6.07) is 6.47. The highest BCUT2D eigenvalue weighted by molar-refractivity contribution is 7.71. The van der Waals surface area contributed by atoms with Crippen LogP contribution in [-0.4, -0.2) is 20.4 Å². The van der Waals surface area contributed by atoms with Gasteiger partial charge in [0.15, 0.2) is 11.6 Å². The van der Waals surface area contributed by atoms with Gasteiger partial charge in [-0.05, 0) is 30.8 Å². The standard InChI is InChI=1S/C16H22FN3OS/c1-5-16(15(2,3)4,10-20-14(22)18-11-19-20)21-13-9-7-6-8-12(13)17/h6-9,11H,5,10H2,1-4H3,(H,18,19,22). The summed E-state index contributed by atoms with van der Waals surface area (Å²) in [5, 5.41) is 3.00. The second-order valence-corrected chi connectivity index (χ2v) is 6.75. The van der Waals surface area contributed by atoms with Crippen molar-refractivity contribution in [1.29, 1.82) is 0 Å². The summed E-state index contributed by atoms with van der Waals surface area (Å²) in [6.45, 7) is 8.75. The lowest BCUT2D eigenvalue weighted by Gasteiger charge is -2.44. The van der Waals surface area contributed by atoms with E-state index in [1.807, 2.05) is 6.92 Å². The van der Waals surface area contributed by atoms with Crippen molar-refractivity contribution in [2.45, 2.75) is 46.3 Å². The lowest BCUT2D eigenvalue weighted by molar-refractivity contribution is -0.0554. The summed E-state index contributed by atoms with van der Waals surface area (Å²) in [7, 11) is 0. The Hall–Kier alpha value is -1.69. The van der Waals surface area contributed by atoms with E-state index in [2.05, 4.69) is 30.9 Å². The van der Waals surface area contributed by atoms with Crippen LogP contribution in [0, 0.1) is 16.0 Å².